The molecule has 0 aromatic heterocycles. The molecule has 0 amide bonds. The third-order valence-electron chi connectivity index (χ3n) is 2.62. The predicted octanol–water partition coefficient (Wildman–Crippen LogP) is 0.982. The van der Waals surface area contributed by atoms with Crippen LogP contribution < -0.4 is 5.32 Å². The zero-order valence-corrected chi connectivity index (χ0v) is 8.56. The molecule has 0 spiro atoms. The van der Waals surface area contributed by atoms with Gasteiger partial charge in [-0.2, -0.15) is 0 Å². The average molecular weight is 185 g/mol. The third kappa shape index (κ3) is 2.78. The van der Waals surface area contributed by atoms with Gasteiger partial charge in [0.05, 0.1) is 0 Å². The standard InChI is InChI=1S/C10H19NO2/c1-3-6-13-7-9(12)10(2)4-5-11-8-10/h11H,3-8H2,1-2H3. The zero-order valence-electron chi connectivity index (χ0n) is 8.56. The lowest BCUT2D eigenvalue weighted by Crippen LogP contribution is -2.33. The van der Waals surface area contributed by atoms with Crippen molar-refractivity contribution in [2.45, 2.75) is 26.7 Å². The van der Waals surface area contributed by atoms with Crippen LogP contribution in [-0.2, 0) is 9.53 Å². The minimum absolute atomic E-state index is 0.173. The van der Waals surface area contributed by atoms with Gasteiger partial charge in [0.1, 0.15) is 6.61 Å². The van der Waals surface area contributed by atoms with Gasteiger partial charge in [0, 0.05) is 18.6 Å². The Morgan fingerprint density at radius 3 is 2.92 bits per heavy atom. The minimum atomic E-state index is -0.173. The molecule has 76 valence electrons. The predicted molar refractivity (Wildman–Crippen MR) is 51.7 cm³/mol. The second kappa shape index (κ2) is 4.72. The number of rotatable bonds is 5. The SMILES string of the molecule is CCCOCC(=O)C1(C)CCNC1. The normalized spacial score (nSPS) is 27.8. The highest BCUT2D eigenvalue weighted by Crippen LogP contribution is 2.25. The van der Waals surface area contributed by atoms with E-state index in [4.69, 9.17) is 4.74 Å². The maximum Gasteiger partial charge on any atom is 0.165 e. The fourth-order valence-electron chi connectivity index (χ4n) is 1.54. The Hall–Kier alpha value is -0.410. The quantitative estimate of drug-likeness (QED) is 0.649. The van der Waals surface area contributed by atoms with Crippen LogP contribution in [0.5, 0.6) is 0 Å². The first-order valence-corrected chi connectivity index (χ1v) is 5.01. The first-order chi connectivity index (χ1) is 6.19. The molecule has 3 nitrogen and oxygen atoms in total. The highest BCUT2D eigenvalue weighted by molar-refractivity contribution is 5.86. The Balaban J connectivity index is 2.29. The van der Waals surface area contributed by atoms with E-state index in [1.807, 2.05) is 13.8 Å². The number of hydrogen-bond acceptors (Lipinski definition) is 3. The summed E-state index contributed by atoms with van der Waals surface area (Å²) in [6.07, 6.45) is 1.92. The lowest BCUT2D eigenvalue weighted by Gasteiger charge is -2.20. The first kappa shape index (κ1) is 10.7. The molecule has 0 aromatic carbocycles. The van der Waals surface area contributed by atoms with Gasteiger partial charge in [0.15, 0.2) is 5.78 Å². The van der Waals surface area contributed by atoms with Crippen molar-refractivity contribution >= 4 is 5.78 Å². The Morgan fingerprint density at radius 2 is 2.38 bits per heavy atom. The van der Waals surface area contributed by atoms with Gasteiger partial charge >= 0.3 is 0 Å². The summed E-state index contributed by atoms with van der Waals surface area (Å²) >= 11 is 0. The Bertz CT molecular complexity index is 174. The van der Waals surface area contributed by atoms with E-state index in [0.29, 0.717) is 6.61 Å². The van der Waals surface area contributed by atoms with Crippen molar-refractivity contribution in [2.75, 3.05) is 26.3 Å². The van der Waals surface area contributed by atoms with Crippen LogP contribution in [0.15, 0.2) is 0 Å². The van der Waals surface area contributed by atoms with E-state index >= 15 is 0 Å². The van der Waals surface area contributed by atoms with Gasteiger partial charge in [-0.1, -0.05) is 13.8 Å². The third-order valence-corrected chi connectivity index (χ3v) is 2.62. The summed E-state index contributed by atoms with van der Waals surface area (Å²) in [5.74, 6) is 0.242. The number of hydrogen-bond donors (Lipinski definition) is 1. The van der Waals surface area contributed by atoms with Crippen LogP contribution >= 0.6 is 0 Å². The van der Waals surface area contributed by atoms with E-state index in [-0.39, 0.29) is 17.8 Å². The molecule has 1 aliphatic rings. The molecule has 0 aliphatic carbocycles. The maximum atomic E-state index is 11.7. The molecule has 13 heavy (non-hydrogen) atoms. The van der Waals surface area contributed by atoms with Crippen molar-refractivity contribution in [3.63, 3.8) is 0 Å². The second-order valence-corrected chi connectivity index (χ2v) is 3.96. The number of nitrogens with one attached hydrogen (secondary N) is 1. The smallest absolute Gasteiger partial charge is 0.165 e. The van der Waals surface area contributed by atoms with Gasteiger partial charge in [0.25, 0.3) is 0 Å². The van der Waals surface area contributed by atoms with Gasteiger partial charge in [0.2, 0.25) is 0 Å². The van der Waals surface area contributed by atoms with E-state index in [9.17, 15) is 4.79 Å². The minimum Gasteiger partial charge on any atom is -0.374 e. The van der Waals surface area contributed by atoms with Crippen LogP contribution in [0, 0.1) is 5.41 Å². The van der Waals surface area contributed by atoms with Crippen LogP contribution in [0.25, 0.3) is 0 Å². The molecule has 1 fully saturated rings. The first-order valence-electron chi connectivity index (χ1n) is 5.01. The maximum absolute atomic E-state index is 11.7. The van der Waals surface area contributed by atoms with Crippen LogP contribution in [0.1, 0.15) is 26.7 Å². The highest BCUT2D eigenvalue weighted by atomic mass is 16.5. The van der Waals surface area contributed by atoms with Gasteiger partial charge in [-0.05, 0) is 19.4 Å². The number of carbonyl (C=O) groups excluding carboxylic acids is 1. The Labute approximate surface area is 79.8 Å². The molecule has 0 saturated carbocycles. The summed E-state index contributed by atoms with van der Waals surface area (Å²) < 4.78 is 5.24. The van der Waals surface area contributed by atoms with Crippen LogP contribution in [0.3, 0.4) is 0 Å². The van der Waals surface area contributed by atoms with Crippen molar-refractivity contribution < 1.29 is 9.53 Å². The molecular weight excluding hydrogens is 166 g/mol. The van der Waals surface area contributed by atoms with E-state index < -0.39 is 0 Å². The van der Waals surface area contributed by atoms with Gasteiger partial charge in [-0.15, -0.1) is 0 Å². The van der Waals surface area contributed by atoms with Crippen molar-refractivity contribution in [3.8, 4) is 0 Å². The largest absolute Gasteiger partial charge is 0.374 e. The summed E-state index contributed by atoms with van der Waals surface area (Å²) in [6.45, 7) is 6.80. The molecule has 1 saturated heterocycles. The molecule has 0 bridgehead atoms. The summed E-state index contributed by atoms with van der Waals surface area (Å²) in [5, 5.41) is 3.21. The summed E-state index contributed by atoms with van der Waals surface area (Å²) in [5.41, 5.74) is -0.173. The number of ketones is 1. The van der Waals surface area contributed by atoms with Gasteiger partial charge in [-0.3, -0.25) is 4.79 Å². The van der Waals surface area contributed by atoms with Crippen LogP contribution in [-0.4, -0.2) is 32.1 Å². The molecule has 1 heterocycles. The molecule has 1 rings (SSSR count). The second-order valence-electron chi connectivity index (χ2n) is 3.96. The summed E-state index contributed by atoms with van der Waals surface area (Å²) in [4.78, 5) is 11.7. The molecule has 1 N–H and O–H groups in total. The topological polar surface area (TPSA) is 38.3 Å². The molecule has 1 aliphatic heterocycles. The Kier molecular flexibility index (Phi) is 3.88. The fraction of sp³-hybridized carbons (Fsp3) is 0.900. The lowest BCUT2D eigenvalue weighted by atomic mass is 9.85. The lowest BCUT2D eigenvalue weighted by molar-refractivity contribution is -0.131. The summed E-state index contributed by atoms with van der Waals surface area (Å²) in [7, 11) is 0. The van der Waals surface area contributed by atoms with E-state index in [1.54, 1.807) is 0 Å². The zero-order chi connectivity index (χ0) is 9.73. The molecular formula is C10H19NO2. The van der Waals surface area contributed by atoms with Gasteiger partial charge in [-0.25, -0.2) is 0 Å². The Morgan fingerprint density at radius 1 is 1.62 bits per heavy atom. The molecule has 1 unspecified atom stereocenters. The monoisotopic (exact) mass is 185 g/mol. The highest BCUT2D eigenvalue weighted by Gasteiger charge is 2.35. The number of carbonyl (C=O) groups is 1. The number of ether oxygens (including phenoxy) is 1. The van der Waals surface area contributed by atoms with Gasteiger partial charge < -0.3 is 10.1 Å². The molecule has 0 aromatic rings. The van der Waals surface area contributed by atoms with E-state index in [2.05, 4.69) is 5.32 Å². The average Bonchev–Trinajstić information content (AvgIpc) is 2.54. The number of Topliss-reactive ketones (excluding diaryl/α,β-unsaturated/α-hetero) is 1. The van der Waals surface area contributed by atoms with E-state index in [1.165, 1.54) is 0 Å². The van der Waals surface area contributed by atoms with Crippen LogP contribution in [0.2, 0.25) is 0 Å². The molecule has 3 heteroatoms. The van der Waals surface area contributed by atoms with Crippen molar-refractivity contribution in [3.05, 3.63) is 0 Å². The van der Waals surface area contributed by atoms with Crippen LogP contribution in [0.4, 0.5) is 0 Å². The van der Waals surface area contributed by atoms with Crippen molar-refractivity contribution in [2.24, 2.45) is 5.41 Å². The van der Waals surface area contributed by atoms with Crippen molar-refractivity contribution in [1.29, 1.82) is 0 Å². The molecule has 1 atom stereocenters. The van der Waals surface area contributed by atoms with E-state index in [0.717, 1.165) is 25.9 Å². The molecule has 0 radical (unpaired) electrons. The summed E-state index contributed by atoms with van der Waals surface area (Å²) in [6, 6.07) is 0. The van der Waals surface area contributed by atoms with Crippen molar-refractivity contribution in [1.82, 2.24) is 5.32 Å². The fourth-order valence-corrected chi connectivity index (χ4v) is 1.54.